The van der Waals surface area contributed by atoms with Crippen molar-refractivity contribution in [2.24, 2.45) is 34.6 Å². The number of nitrogens with two attached hydrogens (primary N) is 2. The van der Waals surface area contributed by atoms with Crippen LogP contribution in [0.3, 0.4) is 0 Å². The summed E-state index contributed by atoms with van der Waals surface area (Å²) in [6.45, 7) is 16.1. The quantitative estimate of drug-likeness (QED) is 0.0774. The maximum absolute atomic E-state index is 15.8. The van der Waals surface area contributed by atoms with Gasteiger partial charge in [-0.2, -0.15) is 0 Å². The lowest BCUT2D eigenvalue weighted by Crippen LogP contribution is -2.62. The summed E-state index contributed by atoms with van der Waals surface area (Å²) in [6.07, 6.45) is 2.75. The molecule has 2 heterocycles. The van der Waals surface area contributed by atoms with E-state index in [1.807, 2.05) is 58.0 Å². The number of aromatic nitrogens is 3. The van der Waals surface area contributed by atoms with E-state index < -0.39 is 89.1 Å². The van der Waals surface area contributed by atoms with Crippen LogP contribution in [-0.2, 0) is 36.8 Å². The maximum Gasteiger partial charge on any atom is 0.408 e. The Bertz CT molecular complexity index is 1830. The minimum absolute atomic E-state index is 0.0510. The Kier molecular flexibility index (Phi) is 18.1. The molecule has 3 aromatic rings. The fourth-order valence-electron chi connectivity index (χ4n) is 7.30. The number of H-pyrrole nitrogens is 1. The average Bonchev–Trinajstić information content (AvgIpc) is 3.72. The molecule has 1 aromatic carbocycles. The first-order valence-corrected chi connectivity index (χ1v) is 20.9. The number of carbonyl (C=O) groups is 5. The Morgan fingerprint density at radius 3 is 2.10 bits per heavy atom. The molecule has 3 amide bonds. The van der Waals surface area contributed by atoms with E-state index in [1.165, 1.54) is 24.5 Å². The lowest BCUT2D eigenvalue weighted by atomic mass is 9.65. The number of ketones is 2. The molecule has 330 valence electrons. The Hall–Kier alpha value is -4.99. The largest absolute Gasteiger partial charge is 0.444 e. The number of likely N-dealkylation sites (N-methyl/N-ethyl adjacent to an activating group) is 1. The second-order valence-electron chi connectivity index (χ2n) is 17.6. The molecule has 0 bridgehead atoms. The summed E-state index contributed by atoms with van der Waals surface area (Å²) in [4.78, 5) is 86.2. The highest BCUT2D eigenvalue weighted by molar-refractivity contribution is 6.11. The number of amides is 3. The smallest absolute Gasteiger partial charge is 0.408 e. The SMILES string of the molecule is CC[C@H](C)[C@H](N)C(=O)C(NC(=O)[C@](C[C@H](O)[C@@H](N)CC(C)C)(C(=O)[C@H](Cc1c[nH]cn1)N(C)C(=O)[C@H](Cc1ccccc1)NC(=O)OC(C)(C)C)C(C)C)c1ccccn1. The Morgan fingerprint density at radius 2 is 1.57 bits per heavy atom. The summed E-state index contributed by atoms with van der Waals surface area (Å²) in [5.74, 6) is -3.72. The molecule has 3 rings (SSSR count). The van der Waals surface area contributed by atoms with Crippen molar-refractivity contribution in [3.8, 4) is 0 Å². The third-order valence-electron chi connectivity index (χ3n) is 11.1. The highest BCUT2D eigenvalue weighted by Gasteiger charge is 2.54. The van der Waals surface area contributed by atoms with Gasteiger partial charge in [0.05, 0.1) is 35.9 Å². The number of nitrogens with zero attached hydrogens (tertiary/aromatic N) is 3. The first-order chi connectivity index (χ1) is 28.1. The third kappa shape index (κ3) is 13.3. The van der Waals surface area contributed by atoms with Crippen LogP contribution in [0.15, 0.2) is 67.3 Å². The van der Waals surface area contributed by atoms with Gasteiger partial charge in [0, 0.05) is 38.3 Å². The standard InChI is InChI=1S/C45H68N8O7/c1-11-29(6)37(47)39(55)38(33-19-15-16-20-49-33)52-42(58)45(28(4)5,24-36(54)32(46)21-27(2)3)40(56)35(23-31-25-48-26-50-31)53(10)41(57)34(22-30-17-13-12-14-18-30)51-43(59)60-44(7,8)9/h12-20,25-29,32,34-38,54H,11,21-24,46-47H2,1-10H3,(H,48,50)(H,51,59)(H,52,58)/t29-,32-,34-,35-,36-,37-,38?,45-/m0/s1. The van der Waals surface area contributed by atoms with E-state index >= 15 is 9.59 Å². The minimum Gasteiger partial charge on any atom is -0.444 e. The molecule has 0 saturated heterocycles. The van der Waals surface area contributed by atoms with Crippen molar-refractivity contribution in [3.63, 3.8) is 0 Å². The van der Waals surface area contributed by atoms with Crippen molar-refractivity contribution in [1.82, 2.24) is 30.5 Å². The predicted octanol–water partition coefficient (Wildman–Crippen LogP) is 4.45. The second kappa shape index (κ2) is 22.0. The highest BCUT2D eigenvalue weighted by Crippen LogP contribution is 2.39. The van der Waals surface area contributed by atoms with E-state index in [-0.39, 0.29) is 30.4 Å². The van der Waals surface area contributed by atoms with Crippen molar-refractivity contribution in [1.29, 1.82) is 0 Å². The maximum atomic E-state index is 15.8. The topological polar surface area (TPSA) is 236 Å². The number of imidazole rings is 1. The van der Waals surface area contributed by atoms with E-state index in [1.54, 1.807) is 59.0 Å². The fourth-order valence-corrected chi connectivity index (χ4v) is 7.30. The van der Waals surface area contributed by atoms with E-state index in [9.17, 15) is 19.5 Å². The number of aliphatic hydroxyl groups excluding tert-OH is 1. The number of carbonyl (C=O) groups excluding carboxylic acids is 5. The molecule has 0 radical (unpaired) electrons. The first kappa shape index (κ1) is 49.4. The fraction of sp³-hybridized carbons (Fsp3) is 0.578. The zero-order valence-corrected chi connectivity index (χ0v) is 37.0. The number of alkyl carbamates (subject to hydrolysis) is 1. The van der Waals surface area contributed by atoms with Crippen LogP contribution in [0.4, 0.5) is 4.79 Å². The summed E-state index contributed by atoms with van der Waals surface area (Å²) in [7, 11) is 1.43. The van der Waals surface area contributed by atoms with Crippen molar-refractivity contribution in [2.45, 2.75) is 136 Å². The van der Waals surface area contributed by atoms with Gasteiger partial charge in [-0.1, -0.05) is 84.4 Å². The summed E-state index contributed by atoms with van der Waals surface area (Å²) < 4.78 is 5.53. The van der Waals surface area contributed by atoms with Gasteiger partial charge in [0.1, 0.15) is 23.1 Å². The molecular weight excluding hydrogens is 765 g/mol. The number of hydrogen-bond acceptors (Lipinski definition) is 11. The lowest BCUT2D eigenvalue weighted by molar-refractivity contribution is -0.156. The van der Waals surface area contributed by atoms with Crippen molar-refractivity contribution in [3.05, 3.63) is 84.2 Å². The summed E-state index contributed by atoms with van der Waals surface area (Å²) in [5, 5.41) is 17.4. The van der Waals surface area contributed by atoms with Crippen LogP contribution < -0.4 is 22.1 Å². The van der Waals surface area contributed by atoms with Gasteiger partial charge >= 0.3 is 6.09 Å². The number of ether oxygens (including phenoxy) is 1. The third-order valence-corrected chi connectivity index (χ3v) is 11.1. The number of rotatable bonds is 22. The van der Waals surface area contributed by atoms with Crippen LogP contribution in [-0.4, -0.2) is 97.4 Å². The van der Waals surface area contributed by atoms with Crippen LogP contribution in [0, 0.1) is 23.2 Å². The molecule has 15 nitrogen and oxygen atoms in total. The van der Waals surface area contributed by atoms with Crippen LogP contribution in [0.2, 0.25) is 0 Å². The highest BCUT2D eigenvalue weighted by atomic mass is 16.6. The molecular formula is C45H68N8O7. The summed E-state index contributed by atoms with van der Waals surface area (Å²) in [6, 6.07) is 8.26. The zero-order chi connectivity index (χ0) is 44.9. The number of benzene rings is 1. The molecule has 0 spiro atoms. The van der Waals surface area contributed by atoms with Crippen LogP contribution >= 0.6 is 0 Å². The number of Topliss-reactive ketones (excluding diaryl/α,β-unsaturated/α-hetero) is 2. The number of aromatic amines is 1. The van der Waals surface area contributed by atoms with Gasteiger partial charge < -0.3 is 41.8 Å². The zero-order valence-electron chi connectivity index (χ0n) is 37.0. The van der Waals surface area contributed by atoms with Gasteiger partial charge in [0.15, 0.2) is 11.6 Å². The molecule has 60 heavy (non-hydrogen) atoms. The Balaban J connectivity index is 2.25. The van der Waals surface area contributed by atoms with E-state index in [0.717, 1.165) is 5.56 Å². The molecule has 2 aromatic heterocycles. The molecule has 0 aliphatic rings. The van der Waals surface area contributed by atoms with Gasteiger partial charge in [0.2, 0.25) is 11.8 Å². The summed E-state index contributed by atoms with van der Waals surface area (Å²) >= 11 is 0. The summed E-state index contributed by atoms with van der Waals surface area (Å²) in [5.41, 5.74) is 11.4. The van der Waals surface area contributed by atoms with E-state index in [4.69, 9.17) is 16.2 Å². The molecule has 0 saturated carbocycles. The molecule has 1 unspecified atom stereocenters. The molecule has 0 fully saturated rings. The second-order valence-corrected chi connectivity index (χ2v) is 17.6. The number of hydrogen-bond donors (Lipinski definition) is 6. The first-order valence-electron chi connectivity index (χ1n) is 20.9. The van der Waals surface area contributed by atoms with Gasteiger partial charge in [-0.05, 0) is 69.1 Å². The molecule has 15 heteroatoms. The molecule has 0 aliphatic carbocycles. The van der Waals surface area contributed by atoms with Gasteiger partial charge in [0.25, 0.3) is 0 Å². The number of pyridine rings is 1. The van der Waals surface area contributed by atoms with Crippen molar-refractivity contribution < 1.29 is 33.8 Å². The lowest BCUT2D eigenvalue weighted by Gasteiger charge is -2.42. The van der Waals surface area contributed by atoms with Gasteiger partial charge in [-0.15, -0.1) is 0 Å². The van der Waals surface area contributed by atoms with Crippen LogP contribution in [0.1, 0.15) is 105 Å². The normalized spacial score (nSPS) is 16.4. The molecule has 8 atom stereocenters. The van der Waals surface area contributed by atoms with Crippen LogP contribution in [0.25, 0.3) is 0 Å². The van der Waals surface area contributed by atoms with E-state index in [2.05, 4.69) is 25.6 Å². The monoisotopic (exact) mass is 833 g/mol. The van der Waals surface area contributed by atoms with Crippen LogP contribution in [0.5, 0.6) is 0 Å². The molecule has 8 N–H and O–H groups in total. The van der Waals surface area contributed by atoms with Crippen molar-refractivity contribution >= 4 is 29.5 Å². The molecule has 0 aliphatic heterocycles. The van der Waals surface area contributed by atoms with Gasteiger partial charge in [-0.25, -0.2) is 9.78 Å². The Labute approximate surface area is 355 Å². The Morgan fingerprint density at radius 1 is 0.917 bits per heavy atom. The predicted molar refractivity (Wildman–Crippen MR) is 230 cm³/mol. The van der Waals surface area contributed by atoms with Crippen molar-refractivity contribution in [2.75, 3.05) is 7.05 Å². The average molecular weight is 833 g/mol. The number of nitrogens with one attached hydrogen (secondary N) is 3. The van der Waals surface area contributed by atoms with E-state index in [0.29, 0.717) is 18.5 Å². The van der Waals surface area contributed by atoms with Gasteiger partial charge in [-0.3, -0.25) is 24.2 Å². The minimum atomic E-state index is -2.09. The number of aliphatic hydroxyl groups is 1.